The monoisotopic (exact) mass is 1350 g/mol. The van der Waals surface area contributed by atoms with Gasteiger partial charge < -0.3 is 50.5 Å². The highest BCUT2D eigenvalue weighted by Crippen LogP contribution is 2.49. The van der Waals surface area contributed by atoms with E-state index in [9.17, 15) is 18.6 Å². The van der Waals surface area contributed by atoms with Gasteiger partial charge in [-0.1, -0.05) is 125 Å². The molecule has 3 fully saturated rings. The molecule has 500 valence electrons. The van der Waals surface area contributed by atoms with Crippen LogP contribution in [0.3, 0.4) is 0 Å². The molecule has 9 atom stereocenters. The van der Waals surface area contributed by atoms with Crippen LogP contribution in [-0.2, 0) is 37.5 Å². The van der Waals surface area contributed by atoms with Crippen LogP contribution in [0.1, 0.15) is 169 Å². The molecule has 0 unspecified atom stereocenters. The Balaban J connectivity index is 0.000000211. The molecule has 32 heteroatoms. The third kappa shape index (κ3) is 16.2. The molecule has 3 saturated heterocycles. The van der Waals surface area contributed by atoms with Crippen LogP contribution in [-0.4, -0.2) is 162 Å². The molecule has 3 aliphatic heterocycles. The zero-order valence-corrected chi connectivity index (χ0v) is 60.5. The minimum Gasteiger partial charge on any atom is -0.410 e. The second kappa shape index (κ2) is 32.3. The lowest BCUT2D eigenvalue weighted by Gasteiger charge is -2.44. The lowest BCUT2D eigenvalue weighted by atomic mass is 10.1. The van der Waals surface area contributed by atoms with Crippen molar-refractivity contribution in [3.8, 4) is 0 Å². The molecular formula is C57H100N16O10S4Si2. The van der Waals surface area contributed by atoms with Crippen LogP contribution in [0.2, 0.25) is 33.2 Å². The number of rotatable bonds is 24. The molecule has 0 radical (unpaired) electrons. The number of aliphatic hydroxyl groups is 2. The van der Waals surface area contributed by atoms with Gasteiger partial charge in [0.25, 0.3) is 0 Å². The molecule has 0 saturated carbocycles. The first kappa shape index (κ1) is 74.2. The van der Waals surface area contributed by atoms with E-state index in [4.69, 9.17) is 55.6 Å². The summed E-state index contributed by atoms with van der Waals surface area (Å²) in [4.78, 5) is 25.5. The number of thioether (sulfide) groups is 3. The normalized spacial score (nSPS) is 22.5. The number of nitrogens with zero attached hydrogens (tertiary/aromatic N) is 12. The van der Waals surface area contributed by atoms with Crippen LogP contribution >= 0.6 is 35.3 Å². The van der Waals surface area contributed by atoms with Gasteiger partial charge in [0.2, 0.25) is 16.6 Å². The summed E-state index contributed by atoms with van der Waals surface area (Å²) in [6, 6.07) is 0. The number of aromatic nitrogens is 12. The van der Waals surface area contributed by atoms with E-state index in [0.717, 1.165) is 56.6 Å². The fourth-order valence-electron chi connectivity index (χ4n) is 13.2. The number of ether oxygens (including phenoxy) is 3. The third-order valence-corrected chi connectivity index (χ3v) is 32.0. The van der Waals surface area contributed by atoms with E-state index in [0.29, 0.717) is 78.8 Å². The van der Waals surface area contributed by atoms with Crippen molar-refractivity contribution < 1.29 is 45.9 Å². The largest absolute Gasteiger partial charge is 0.410 e. The van der Waals surface area contributed by atoms with Crippen molar-refractivity contribution in [1.82, 2.24) is 59.2 Å². The Hall–Kier alpha value is -3.88. The molecule has 89 heavy (non-hydrogen) atoms. The lowest BCUT2D eigenvalue weighted by Crippen LogP contribution is -2.51. The number of aliphatic hydroxyl groups excluding tert-OH is 2. The smallest absolute Gasteiger partial charge is 0.333 e. The predicted molar refractivity (Wildman–Crippen MR) is 360 cm³/mol. The van der Waals surface area contributed by atoms with Crippen molar-refractivity contribution in [2.75, 3.05) is 47.7 Å². The van der Waals surface area contributed by atoms with Crippen molar-refractivity contribution in [1.29, 1.82) is 0 Å². The quantitative estimate of drug-likeness (QED) is 0.0242. The van der Waals surface area contributed by atoms with Gasteiger partial charge in [-0.25, -0.2) is 49.1 Å². The van der Waals surface area contributed by atoms with Crippen LogP contribution < -0.4 is 22.3 Å². The SMILES string of the molecule is CC.CCSc1nn([C@H]2C[C@H](O)[C@@H](COS(N)(=O)=O)O2)c2ncnc(N)c12.CCSc1nn([C@H]2C[C@H](O[Si](C(C)C)(C(C)C)C(C)C)[C@@H](CC)O2)c2ncnc(N)c12.CCSc1nn([C@H]2C[C@H](O[Si](C(C)C)(C(C)C)C(C)C)[C@@H](CO)O2)c2ncnc(N)c12. The average molecular weight is 1350 g/mol. The van der Waals surface area contributed by atoms with Crippen molar-refractivity contribution in [2.45, 2.75) is 254 Å². The van der Waals surface area contributed by atoms with E-state index in [1.54, 1.807) is 28.2 Å². The summed E-state index contributed by atoms with van der Waals surface area (Å²) < 4.78 is 64.1. The fraction of sp³-hybridized carbons (Fsp3) is 0.737. The predicted octanol–water partition coefficient (Wildman–Crippen LogP) is 10.6. The standard InChI is InChI=1S/C22H39N5O2SSi.C21H37N5O3SSi.C12H18N6O5S2.C2H6/c1-9-16-17(29-31(13(3)4,14(5)6)15(7)8)11-18(28-16)27-21-19(20(23)24-12-25-21)22(26-27)30-10-2;1-8-30-21-18-19(22)23-11-24-20(18)26(25-21)17-9-15(16(10-27)28-17)29-31(12(2)3,13(4)5)14(6)7;1-2-24-12-9-10(13)15-5-16-11(9)18(17-12)8-3-6(19)7(23-8)4-22-25(14,20)21;1-2/h12-18H,9-11H2,1-8H3,(H2,23,24,25);11-17,27H,8-10H2,1-7H3,(H2,22,23,24);5-8,19H,2-4H2,1H3,(H2,13,15,16)(H2,14,20,21);1-2H3/t16-,17+,18-;15-,16+,17+;6-,7+,8+;/m100./s1. The second-order valence-electron chi connectivity index (χ2n) is 23.9. The van der Waals surface area contributed by atoms with E-state index >= 15 is 0 Å². The second-order valence-corrected chi connectivity index (χ2v) is 39.7. The van der Waals surface area contributed by atoms with E-state index in [2.05, 4.69) is 143 Å². The summed E-state index contributed by atoms with van der Waals surface area (Å²) in [6.45, 7) is 39.4. The number of hydrogen-bond acceptors (Lipinski definition) is 25. The van der Waals surface area contributed by atoms with Crippen molar-refractivity contribution in [3.05, 3.63) is 19.0 Å². The first-order valence-corrected chi connectivity index (χ1v) is 40.0. The third-order valence-electron chi connectivity index (χ3n) is 16.8. The molecular weight excluding hydrogens is 1250 g/mol. The minimum absolute atomic E-state index is 0.0498. The zero-order valence-electron chi connectivity index (χ0n) is 55.2. The Morgan fingerprint density at radius 3 is 1.17 bits per heavy atom. The minimum atomic E-state index is -4.11. The van der Waals surface area contributed by atoms with Gasteiger partial charge in [-0.15, -0.1) is 35.3 Å². The summed E-state index contributed by atoms with van der Waals surface area (Å²) in [5, 5.41) is 43.6. The van der Waals surface area contributed by atoms with Gasteiger partial charge in [0.15, 0.2) is 35.6 Å². The maximum absolute atomic E-state index is 10.9. The summed E-state index contributed by atoms with van der Waals surface area (Å²) in [7, 11) is -8.25. The van der Waals surface area contributed by atoms with Gasteiger partial charge >= 0.3 is 10.3 Å². The summed E-state index contributed by atoms with van der Waals surface area (Å²) >= 11 is 4.75. The summed E-state index contributed by atoms with van der Waals surface area (Å²) in [5.74, 6) is 3.74. The van der Waals surface area contributed by atoms with E-state index in [1.165, 1.54) is 35.4 Å². The highest BCUT2D eigenvalue weighted by atomic mass is 32.2. The van der Waals surface area contributed by atoms with E-state index in [1.807, 2.05) is 25.5 Å². The zero-order chi connectivity index (χ0) is 66.0. The molecule has 6 aromatic rings. The number of nitrogens with two attached hydrogens (primary N) is 4. The summed E-state index contributed by atoms with van der Waals surface area (Å²) in [6.07, 6.45) is 3.28. The highest BCUT2D eigenvalue weighted by Gasteiger charge is 2.52. The first-order chi connectivity index (χ1) is 42.1. The molecule has 0 amide bonds. The number of nitrogen functional groups attached to an aromatic ring is 3. The van der Waals surface area contributed by atoms with E-state index in [-0.39, 0.29) is 50.4 Å². The lowest BCUT2D eigenvalue weighted by molar-refractivity contribution is -0.0458. The van der Waals surface area contributed by atoms with Gasteiger partial charge in [0.05, 0.1) is 53.8 Å². The summed E-state index contributed by atoms with van der Waals surface area (Å²) in [5.41, 5.74) is 23.1. The molecule has 6 aromatic heterocycles. The molecule has 26 nitrogen and oxygen atoms in total. The average Bonchev–Trinajstić information content (AvgIpc) is 2.01. The Morgan fingerprint density at radius 1 is 0.551 bits per heavy atom. The Labute approximate surface area is 540 Å². The Morgan fingerprint density at radius 2 is 0.865 bits per heavy atom. The fourth-order valence-corrected chi connectivity index (χ4v) is 27.0. The van der Waals surface area contributed by atoms with Crippen LogP contribution in [0.4, 0.5) is 17.5 Å². The molecule has 0 bridgehead atoms. The molecule has 3 aliphatic rings. The van der Waals surface area contributed by atoms with Crippen molar-refractivity contribution in [3.63, 3.8) is 0 Å². The van der Waals surface area contributed by atoms with E-state index < -0.39 is 51.5 Å². The molecule has 10 N–H and O–H groups in total. The maximum atomic E-state index is 10.9. The van der Waals surface area contributed by atoms with Crippen LogP contribution in [0.15, 0.2) is 34.1 Å². The van der Waals surface area contributed by atoms with Gasteiger partial charge in [0, 0.05) is 19.3 Å². The maximum Gasteiger partial charge on any atom is 0.333 e. The van der Waals surface area contributed by atoms with Gasteiger partial charge in [-0.05, 0) is 56.9 Å². The molecule has 9 heterocycles. The van der Waals surface area contributed by atoms with Gasteiger partial charge in [0.1, 0.15) is 63.7 Å². The Kier molecular flexibility index (Phi) is 26.9. The highest BCUT2D eigenvalue weighted by molar-refractivity contribution is 7.99. The van der Waals surface area contributed by atoms with Crippen LogP contribution in [0.5, 0.6) is 0 Å². The molecule has 0 spiro atoms. The number of anilines is 3. The van der Waals surface area contributed by atoms with Crippen molar-refractivity contribution >= 4 is 113 Å². The first-order valence-electron chi connectivity index (χ1n) is 31.3. The van der Waals surface area contributed by atoms with Crippen molar-refractivity contribution in [2.24, 2.45) is 5.14 Å². The molecule has 0 aliphatic carbocycles. The van der Waals surface area contributed by atoms with Crippen LogP contribution in [0, 0.1) is 0 Å². The molecule has 9 rings (SSSR count). The molecule has 0 aromatic carbocycles. The van der Waals surface area contributed by atoms with Gasteiger partial charge in [-0.3, -0.25) is 4.18 Å². The van der Waals surface area contributed by atoms with Gasteiger partial charge in [-0.2, -0.15) is 23.7 Å². The topological polar surface area (TPSA) is 365 Å². The number of hydrogen-bond donors (Lipinski definition) is 6. The Bertz CT molecular complexity index is 3150. The number of fused-ring (bicyclic) bond motifs is 3. The van der Waals surface area contributed by atoms with Crippen LogP contribution in [0.25, 0.3) is 33.1 Å².